The molecule has 7 heteroatoms. The van der Waals surface area contributed by atoms with Crippen LogP contribution >= 0.6 is 0 Å². The molecule has 6 nitrogen and oxygen atoms in total. The first kappa shape index (κ1) is 21.5. The number of amides is 1. The third-order valence-corrected chi connectivity index (χ3v) is 6.83. The standard InChI is InChI=1S/C22H29N3O3S/c1-24(14-6-9-18-7-4-3-5-8-18)22(26)20-10-11-21(23-17-20)19-12-15-25(16-13-19)29(2,27)28/h3-5,7-8,10-11,17,19H,6,9,12-16H2,1-2H3. The van der Waals surface area contributed by atoms with Crippen molar-refractivity contribution in [2.24, 2.45) is 0 Å². The second kappa shape index (κ2) is 9.50. The van der Waals surface area contributed by atoms with Crippen molar-refractivity contribution in [3.8, 4) is 0 Å². The summed E-state index contributed by atoms with van der Waals surface area (Å²) in [6, 6.07) is 14.0. The summed E-state index contributed by atoms with van der Waals surface area (Å²) in [5, 5.41) is 0. The van der Waals surface area contributed by atoms with Gasteiger partial charge in [-0.3, -0.25) is 9.78 Å². The molecule has 156 valence electrons. The molecule has 0 aliphatic carbocycles. The Bertz CT molecular complexity index is 906. The van der Waals surface area contributed by atoms with Gasteiger partial charge in [-0.25, -0.2) is 12.7 Å². The second-order valence-corrected chi connectivity index (χ2v) is 9.71. The van der Waals surface area contributed by atoms with Crippen molar-refractivity contribution >= 4 is 15.9 Å². The Morgan fingerprint density at radius 2 is 1.83 bits per heavy atom. The van der Waals surface area contributed by atoms with Crippen molar-refractivity contribution in [3.63, 3.8) is 0 Å². The summed E-state index contributed by atoms with van der Waals surface area (Å²) in [6.07, 6.45) is 6.27. The fourth-order valence-corrected chi connectivity index (χ4v) is 4.62. The predicted molar refractivity (Wildman–Crippen MR) is 114 cm³/mol. The van der Waals surface area contributed by atoms with Crippen LogP contribution in [0.2, 0.25) is 0 Å². The maximum Gasteiger partial charge on any atom is 0.255 e. The van der Waals surface area contributed by atoms with Gasteiger partial charge in [0.25, 0.3) is 5.91 Å². The number of sulfonamides is 1. The maximum absolute atomic E-state index is 12.6. The number of benzene rings is 1. The number of piperidine rings is 1. The Morgan fingerprint density at radius 3 is 2.41 bits per heavy atom. The monoisotopic (exact) mass is 415 g/mol. The Morgan fingerprint density at radius 1 is 1.14 bits per heavy atom. The molecule has 2 aromatic rings. The van der Waals surface area contributed by atoms with Gasteiger partial charge in [-0.05, 0) is 43.4 Å². The molecule has 1 aromatic carbocycles. The minimum Gasteiger partial charge on any atom is -0.342 e. The summed E-state index contributed by atoms with van der Waals surface area (Å²) in [7, 11) is -1.30. The van der Waals surface area contributed by atoms with Crippen molar-refractivity contribution in [3.05, 3.63) is 65.5 Å². The van der Waals surface area contributed by atoms with Crippen LogP contribution in [0.1, 0.15) is 46.8 Å². The lowest BCUT2D eigenvalue weighted by molar-refractivity contribution is 0.0793. The van der Waals surface area contributed by atoms with Crippen LogP contribution in [0.3, 0.4) is 0 Å². The number of nitrogens with zero attached hydrogens (tertiary/aromatic N) is 3. The molecule has 1 saturated heterocycles. The molecule has 3 rings (SSSR count). The quantitative estimate of drug-likeness (QED) is 0.697. The van der Waals surface area contributed by atoms with E-state index in [-0.39, 0.29) is 11.8 Å². The van der Waals surface area contributed by atoms with Crippen molar-refractivity contribution in [2.45, 2.75) is 31.6 Å². The van der Waals surface area contributed by atoms with E-state index in [4.69, 9.17) is 0 Å². The number of aryl methyl sites for hydroxylation is 1. The van der Waals surface area contributed by atoms with Crippen LogP contribution < -0.4 is 0 Å². The number of carbonyl (C=O) groups is 1. The van der Waals surface area contributed by atoms with Gasteiger partial charge >= 0.3 is 0 Å². The largest absolute Gasteiger partial charge is 0.342 e. The Balaban J connectivity index is 1.51. The van der Waals surface area contributed by atoms with Crippen LogP contribution in [-0.4, -0.2) is 61.5 Å². The number of carbonyl (C=O) groups excluding carboxylic acids is 1. The van der Waals surface area contributed by atoms with E-state index in [0.717, 1.165) is 31.4 Å². The molecule has 0 unspecified atom stereocenters. The van der Waals surface area contributed by atoms with Crippen LogP contribution in [0.4, 0.5) is 0 Å². The molecule has 0 saturated carbocycles. The molecule has 0 atom stereocenters. The summed E-state index contributed by atoms with van der Waals surface area (Å²) < 4.78 is 24.8. The van der Waals surface area contributed by atoms with E-state index in [2.05, 4.69) is 17.1 Å². The second-order valence-electron chi connectivity index (χ2n) is 7.72. The van der Waals surface area contributed by atoms with E-state index in [0.29, 0.717) is 25.2 Å². The lowest BCUT2D eigenvalue weighted by atomic mass is 9.94. The third-order valence-electron chi connectivity index (χ3n) is 5.52. The molecular formula is C22H29N3O3S. The van der Waals surface area contributed by atoms with E-state index in [9.17, 15) is 13.2 Å². The van der Waals surface area contributed by atoms with Crippen LogP contribution in [0.15, 0.2) is 48.7 Å². The number of hydrogen-bond donors (Lipinski definition) is 0. The van der Waals surface area contributed by atoms with Gasteiger partial charge in [0.05, 0.1) is 11.8 Å². The van der Waals surface area contributed by atoms with E-state index < -0.39 is 10.0 Å². The Labute approximate surface area is 173 Å². The van der Waals surface area contributed by atoms with Gasteiger partial charge in [-0.1, -0.05) is 30.3 Å². The molecule has 0 bridgehead atoms. The number of aromatic nitrogens is 1. The third kappa shape index (κ3) is 5.87. The van der Waals surface area contributed by atoms with E-state index in [1.54, 1.807) is 11.1 Å². The highest BCUT2D eigenvalue weighted by Gasteiger charge is 2.26. The summed E-state index contributed by atoms with van der Waals surface area (Å²) in [6.45, 7) is 1.74. The molecule has 2 heterocycles. The van der Waals surface area contributed by atoms with Gasteiger partial charge in [0.1, 0.15) is 0 Å². The topological polar surface area (TPSA) is 70.6 Å². The Hall–Kier alpha value is -2.25. The highest BCUT2D eigenvalue weighted by Crippen LogP contribution is 2.27. The fourth-order valence-electron chi connectivity index (χ4n) is 3.74. The van der Waals surface area contributed by atoms with Crippen LogP contribution in [0, 0.1) is 0 Å². The molecule has 1 aromatic heterocycles. The number of pyridine rings is 1. The zero-order chi connectivity index (χ0) is 20.9. The van der Waals surface area contributed by atoms with Gasteiger partial charge in [-0.15, -0.1) is 0 Å². The average molecular weight is 416 g/mol. The molecule has 0 N–H and O–H groups in total. The fraction of sp³-hybridized carbons (Fsp3) is 0.455. The van der Waals surface area contributed by atoms with Gasteiger partial charge in [-0.2, -0.15) is 0 Å². The van der Waals surface area contributed by atoms with Gasteiger partial charge in [0, 0.05) is 44.5 Å². The minimum absolute atomic E-state index is 0.0241. The first-order valence-electron chi connectivity index (χ1n) is 10.0. The summed E-state index contributed by atoms with van der Waals surface area (Å²) in [4.78, 5) is 18.9. The first-order valence-corrected chi connectivity index (χ1v) is 11.9. The molecule has 0 spiro atoms. The van der Waals surface area contributed by atoms with Crippen LogP contribution in [0.25, 0.3) is 0 Å². The smallest absolute Gasteiger partial charge is 0.255 e. The highest BCUT2D eigenvalue weighted by atomic mass is 32.2. The van der Waals surface area contributed by atoms with Crippen molar-refractivity contribution in [1.29, 1.82) is 0 Å². The molecule has 1 amide bonds. The normalized spacial score (nSPS) is 15.9. The first-order chi connectivity index (χ1) is 13.8. The SMILES string of the molecule is CN(CCCc1ccccc1)C(=O)c1ccc(C2CCN(S(C)(=O)=O)CC2)nc1. The molecule has 29 heavy (non-hydrogen) atoms. The van der Waals surface area contributed by atoms with Gasteiger partial charge in [0.15, 0.2) is 0 Å². The Kier molecular flexibility index (Phi) is 7.03. The maximum atomic E-state index is 12.6. The van der Waals surface area contributed by atoms with Crippen molar-refractivity contribution in [1.82, 2.24) is 14.2 Å². The lowest BCUT2D eigenvalue weighted by Gasteiger charge is -2.29. The van der Waals surface area contributed by atoms with Gasteiger partial charge in [0.2, 0.25) is 10.0 Å². The van der Waals surface area contributed by atoms with Crippen LogP contribution in [-0.2, 0) is 16.4 Å². The van der Waals surface area contributed by atoms with E-state index >= 15 is 0 Å². The molecule has 0 radical (unpaired) electrons. The summed E-state index contributed by atoms with van der Waals surface area (Å²) in [5.74, 6) is 0.213. The summed E-state index contributed by atoms with van der Waals surface area (Å²) >= 11 is 0. The molecule has 1 aliphatic rings. The average Bonchev–Trinajstić information content (AvgIpc) is 2.73. The lowest BCUT2D eigenvalue weighted by Crippen LogP contribution is -2.37. The predicted octanol–water partition coefficient (Wildman–Crippen LogP) is 2.93. The minimum atomic E-state index is -3.12. The van der Waals surface area contributed by atoms with E-state index in [1.165, 1.54) is 16.1 Å². The zero-order valence-corrected chi connectivity index (χ0v) is 17.9. The summed E-state index contributed by atoms with van der Waals surface area (Å²) in [5.41, 5.74) is 2.80. The molecular weight excluding hydrogens is 386 g/mol. The molecule has 1 fully saturated rings. The van der Waals surface area contributed by atoms with Crippen LogP contribution in [0.5, 0.6) is 0 Å². The van der Waals surface area contributed by atoms with Crippen molar-refractivity contribution in [2.75, 3.05) is 32.9 Å². The van der Waals surface area contributed by atoms with E-state index in [1.807, 2.05) is 37.4 Å². The molecule has 1 aliphatic heterocycles. The van der Waals surface area contributed by atoms with Gasteiger partial charge < -0.3 is 4.90 Å². The number of hydrogen-bond acceptors (Lipinski definition) is 4. The van der Waals surface area contributed by atoms with Crippen molar-refractivity contribution < 1.29 is 13.2 Å². The zero-order valence-electron chi connectivity index (χ0n) is 17.1. The number of rotatable bonds is 7. The highest BCUT2D eigenvalue weighted by molar-refractivity contribution is 7.88.